The molecule has 16 heavy (non-hydrogen) atoms. The first kappa shape index (κ1) is 19.0. The van der Waals surface area contributed by atoms with Crippen LogP contribution in [0.4, 0.5) is 0 Å². The Morgan fingerprint density at radius 1 is 1.12 bits per heavy atom. The Balaban J connectivity index is 0. The van der Waals surface area contributed by atoms with Crippen LogP contribution in [0.2, 0.25) is 19.1 Å². The van der Waals surface area contributed by atoms with E-state index in [1.807, 2.05) is 6.92 Å². The first-order valence-corrected chi connectivity index (χ1v) is 10.7. The summed E-state index contributed by atoms with van der Waals surface area (Å²) in [4.78, 5) is 0. The van der Waals surface area contributed by atoms with Gasteiger partial charge in [-0.15, -0.1) is 0 Å². The van der Waals surface area contributed by atoms with Gasteiger partial charge < -0.3 is 3.87 Å². The van der Waals surface area contributed by atoms with Crippen LogP contribution in [0.15, 0.2) is 0 Å². The van der Waals surface area contributed by atoms with Gasteiger partial charge in [0, 0.05) is 0 Å². The van der Waals surface area contributed by atoms with E-state index >= 15 is 0 Å². The van der Waals surface area contributed by atoms with Crippen molar-refractivity contribution >= 4 is 47.4 Å². The van der Waals surface area contributed by atoms with Crippen LogP contribution < -0.4 is 0 Å². The fourth-order valence-corrected chi connectivity index (χ4v) is 5.87. The standard InChI is InChI=1S/C6H16O6S2Si.Li.H/c1-4-15(2,3)12-14(10,11)6-5-13(7,8)9;;/h4-6H2,1-3H3,(H,7,8,9);;. The summed E-state index contributed by atoms with van der Waals surface area (Å²) in [5.41, 5.74) is 0. The van der Waals surface area contributed by atoms with Gasteiger partial charge >= 0.3 is 18.9 Å². The summed E-state index contributed by atoms with van der Waals surface area (Å²) >= 11 is 0. The first-order valence-electron chi connectivity index (χ1n) is 4.36. The second kappa shape index (κ2) is 6.54. The molecule has 0 aromatic carbocycles. The Hall–Kier alpha value is 0.634. The van der Waals surface area contributed by atoms with Gasteiger partial charge in [-0.05, 0) is 19.1 Å². The number of hydrogen-bond acceptors (Lipinski definition) is 5. The van der Waals surface area contributed by atoms with E-state index < -0.39 is 40.1 Å². The van der Waals surface area contributed by atoms with Crippen LogP contribution in [0.3, 0.4) is 0 Å². The molecule has 1 N–H and O–H groups in total. The van der Waals surface area contributed by atoms with Gasteiger partial charge in [-0.2, -0.15) is 8.42 Å². The van der Waals surface area contributed by atoms with Crippen molar-refractivity contribution in [3.05, 3.63) is 0 Å². The Kier molecular flexibility index (Phi) is 7.76. The first-order chi connectivity index (χ1) is 6.47. The minimum atomic E-state index is -4.26. The van der Waals surface area contributed by atoms with Crippen LogP contribution in [-0.2, 0) is 24.1 Å². The van der Waals surface area contributed by atoms with Crippen molar-refractivity contribution in [2.45, 2.75) is 26.1 Å². The van der Waals surface area contributed by atoms with Crippen molar-refractivity contribution < 1.29 is 25.3 Å². The molecule has 0 saturated carbocycles. The Bertz CT molecular complexity index is 401. The van der Waals surface area contributed by atoms with E-state index in [-0.39, 0.29) is 18.9 Å². The molecule has 0 aliphatic carbocycles. The van der Waals surface area contributed by atoms with Gasteiger partial charge in [-0.25, -0.2) is 8.42 Å². The molecule has 0 unspecified atom stereocenters. The van der Waals surface area contributed by atoms with Crippen molar-refractivity contribution in [3.63, 3.8) is 0 Å². The van der Waals surface area contributed by atoms with E-state index in [0.717, 1.165) is 0 Å². The van der Waals surface area contributed by atoms with Gasteiger partial charge in [0.05, 0.1) is 11.5 Å². The minimum absolute atomic E-state index is 0. The third-order valence-electron chi connectivity index (χ3n) is 1.80. The Labute approximate surface area is 110 Å². The summed E-state index contributed by atoms with van der Waals surface area (Å²) in [7, 11) is -10.4. The van der Waals surface area contributed by atoms with E-state index in [9.17, 15) is 16.8 Å². The molecule has 0 aliphatic heterocycles. The fraction of sp³-hybridized carbons (Fsp3) is 1.00. The molecule has 0 aromatic rings. The average molecular weight is 284 g/mol. The van der Waals surface area contributed by atoms with Crippen LogP contribution >= 0.6 is 0 Å². The summed E-state index contributed by atoms with van der Waals surface area (Å²) in [6, 6.07) is 0.609. The van der Waals surface area contributed by atoms with Gasteiger partial charge in [0.15, 0.2) is 0 Å². The van der Waals surface area contributed by atoms with Gasteiger partial charge in [-0.1, -0.05) is 6.92 Å². The van der Waals surface area contributed by atoms with Gasteiger partial charge in [0.1, 0.15) is 0 Å². The van der Waals surface area contributed by atoms with Crippen molar-refractivity contribution in [2.24, 2.45) is 0 Å². The molecule has 0 rings (SSSR count). The predicted molar refractivity (Wildman–Crippen MR) is 66.4 cm³/mol. The van der Waals surface area contributed by atoms with E-state index in [4.69, 9.17) is 8.42 Å². The summed E-state index contributed by atoms with van der Waals surface area (Å²) < 4.78 is 56.6. The van der Waals surface area contributed by atoms with Gasteiger partial charge in [0.2, 0.25) is 8.32 Å². The molecular weight excluding hydrogens is 267 g/mol. The number of hydrogen-bond donors (Lipinski definition) is 1. The second-order valence-electron chi connectivity index (χ2n) is 3.74. The molecular formula is C6H17LiO6S2Si. The molecule has 0 aliphatic rings. The van der Waals surface area contributed by atoms with Gasteiger partial charge in [-0.3, -0.25) is 4.55 Å². The van der Waals surface area contributed by atoms with E-state index in [0.29, 0.717) is 6.04 Å². The normalized spacial score (nSPS) is 13.2. The van der Waals surface area contributed by atoms with Crippen molar-refractivity contribution in [1.29, 1.82) is 0 Å². The molecule has 0 fully saturated rings. The molecule has 0 saturated heterocycles. The van der Waals surface area contributed by atoms with Crippen LogP contribution in [0.1, 0.15) is 6.92 Å². The van der Waals surface area contributed by atoms with E-state index in [1.54, 1.807) is 13.1 Å². The summed E-state index contributed by atoms with van der Waals surface area (Å²) in [6.45, 7) is 5.25. The molecule has 0 radical (unpaired) electrons. The second-order valence-corrected chi connectivity index (χ2v) is 11.7. The van der Waals surface area contributed by atoms with Crippen LogP contribution in [-0.4, -0.2) is 60.1 Å². The van der Waals surface area contributed by atoms with Crippen LogP contribution in [0.5, 0.6) is 0 Å². The zero-order chi connectivity index (χ0) is 12.3. The monoisotopic (exact) mass is 284 g/mol. The molecule has 0 bridgehead atoms. The molecule has 10 heteroatoms. The maximum absolute atomic E-state index is 11.3. The molecule has 0 spiro atoms. The summed E-state index contributed by atoms with van der Waals surface area (Å²) in [6.07, 6.45) is 0. The maximum atomic E-state index is 11.3. The van der Waals surface area contributed by atoms with Crippen molar-refractivity contribution in [1.82, 2.24) is 0 Å². The fourth-order valence-electron chi connectivity index (χ4n) is 0.652. The zero-order valence-corrected chi connectivity index (χ0v) is 11.6. The van der Waals surface area contributed by atoms with Crippen molar-refractivity contribution in [2.75, 3.05) is 11.5 Å². The summed E-state index contributed by atoms with van der Waals surface area (Å²) in [5.74, 6) is -1.54. The van der Waals surface area contributed by atoms with Crippen LogP contribution in [0.25, 0.3) is 0 Å². The molecule has 0 atom stereocenters. The molecule has 0 heterocycles. The zero-order valence-electron chi connectivity index (χ0n) is 8.93. The Morgan fingerprint density at radius 3 is 1.88 bits per heavy atom. The van der Waals surface area contributed by atoms with Crippen molar-refractivity contribution in [3.8, 4) is 0 Å². The van der Waals surface area contributed by atoms with Crippen LogP contribution in [0, 0.1) is 0 Å². The molecule has 94 valence electrons. The third kappa shape index (κ3) is 9.83. The molecule has 6 nitrogen and oxygen atoms in total. The number of rotatable bonds is 6. The molecule has 0 amide bonds. The Morgan fingerprint density at radius 2 is 1.56 bits per heavy atom. The van der Waals surface area contributed by atoms with Gasteiger partial charge in [0.25, 0.3) is 20.2 Å². The predicted octanol–water partition coefficient (Wildman–Crippen LogP) is -0.203. The SMILES string of the molecule is CC[Si](C)(C)OS(=O)(=O)CCS(=O)(=O)O.[LiH]. The average Bonchev–Trinajstić information content (AvgIpc) is 1.98. The topological polar surface area (TPSA) is 97.7 Å². The van der Waals surface area contributed by atoms with E-state index in [1.165, 1.54) is 0 Å². The van der Waals surface area contributed by atoms with E-state index in [2.05, 4.69) is 0 Å². The molecule has 0 aromatic heterocycles. The summed E-state index contributed by atoms with van der Waals surface area (Å²) in [5, 5.41) is 0. The third-order valence-corrected chi connectivity index (χ3v) is 8.00. The quantitative estimate of drug-likeness (QED) is 0.535.